The normalized spacial score (nSPS) is 15.2. The van der Waals surface area contributed by atoms with Gasteiger partial charge in [-0.05, 0) is 12.5 Å². The van der Waals surface area contributed by atoms with Crippen molar-refractivity contribution in [1.29, 1.82) is 0 Å². The molecule has 1 aliphatic heterocycles. The van der Waals surface area contributed by atoms with Crippen molar-refractivity contribution in [1.82, 2.24) is 30.5 Å². The number of hydrogen-bond acceptors (Lipinski definition) is 5. The first-order valence-corrected chi connectivity index (χ1v) is 6.74. The minimum Gasteiger partial charge on any atom is -0.329 e. The molecule has 20 heavy (non-hydrogen) atoms. The smallest absolute Gasteiger partial charge is 0.324 e. The minimum atomic E-state index is -0.339. The van der Waals surface area contributed by atoms with Gasteiger partial charge in [-0.1, -0.05) is 19.1 Å². The van der Waals surface area contributed by atoms with Gasteiger partial charge in [0.2, 0.25) is 5.91 Å². The SMILES string of the molecule is CC(C)CNCc1cn(CCN2C(=O)CNC2=O)nn1. The van der Waals surface area contributed by atoms with Gasteiger partial charge in [0.1, 0.15) is 0 Å². The second kappa shape index (κ2) is 6.47. The summed E-state index contributed by atoms with van der Waals surface area (Å²) in [6.07, 6.45) is 1.83. The van der Waals surface area contributed by atoms with Crippen LogP contribution in [0, 0.1) is 5.92 Å². The Bertz CT molecular complexity index is 468. The summed E-state index contributed by atoms with van der Waals surface area (Å²) in [6.45, 7) is 6.73. The molecule has 2 heterocycles. The first-order valence-electron chi connectivity index (χ1n) is 6.74. The summed E-state index contributed by atoms with van der Waals surface area (Å²) in [6, 6.07) is -0.339. The Labute approximate surface area is 117 Å². The number of amides is 3. The summed E-state index contributed by atoms with van der Waals surface area (Å²) in [5.74, 6) is 0.388. The number of nitrogens with one attached hydrogen (secondary N) is 2. The van der Waals surface area contributed by atoms with E-state index in [0.717, 1.165) is 12.2 Å². The standard InChI is InChI=1S/C12H20N6O2/c1-9(2)5-13-6-10-8-17(16-15-10)3-4-18-11(19)7-14-12(18)20/h8-9,13H,3-7H2,1-2H3,(H,14,20). The lowest BCUT2D eigenvalue weighted by molar-refractivity contribution is -0.125. The molecule has 0 radical (unpaired) electrons. The summed E-state index contributed by atoms with van der Waals surface area (Å²) < 4.78 is 1.64. The van der Waals surface area contributed by atoms with Crippen LogP contribution < -0.4 is 10.6 Å². The van der Waals surface area contributed by atoms with Crippen molar-refractivity contribution >= 4 is 11.9 Å². The van der Waals surface area contributed by atoms with E-state index in [-0.39, 0.29) is 18.5 Å². The third-order valence-corrected chi connectivity index (χ3v) is 2.93. The molecule has 0 aromatic carbocycles. The van der Waals surface area contributed by atoms with Crippen LogP contribution in [0.25, 0.3) is 0 Å². The Morgan fingerprint density at radius 1 is 1.40 bits per heavy atom. The highest BCUT2D eigenvalue weighted by Crippen LogP contribution is 2.00. The van der Waals surface area contributed by atoms with Crippen LogP contribution >= 0.6 is 0 Å². The third-order valence-electron chi connectivity index (χ3n) is 2.93. The van der Waals surface area contributed by atoms with Crippen LogP contribution in [0.1, 0.15) is 19.5 Å². The van der Waals surface area contributed by atoms with E-state index in [9.17, 15) is 9.59 Å². The fourth-order valence-electron chi connectivity index (χ4n) is 1.90. The molecule has 110 valence electrons. The van der Waals surface area contributed by atoms with E-state index < -0.39 is 0 Å². The molecule has 2 rings (SSSR count). The van der Waals surface area contributed by atoms with Gasteiger partial charge in [-0.3, -0.25) is 14.4 Å². The summed E-state index contributed by atoms with van der Waals surface area (Å²) in [7, 11) is 0. The van der Waals surface area contributed by atoms with Gasteiger partial charge in [-0.25, -0.2) is 4.79 Å². The molecule has 8 heteroatoms. The summed E-state index contributed by atoms with van der Waals surface area (Å²) in [4.78, 5) is 24.0. The van der Waals surface area contributed by atoms with E-state index >= 15 is 0 Å². The van der Waals surface area contributed by atoms with Crippen molar-refractivity contribution in [2.75, 3.05) is 19.6 Å². The largest absolute Gasteiger partial charge is 0.329 e. The Morgan fingerprint density at radius 3 is 2.85 bits per heavy atom. The zero-order chi connectivity index (χ0) is 14.5. The van der Waals surface area contributed by atoms with Crippen LogP contribution in [0.4, 0.5) is 4.79 Å². The number of carbonyl (C=O) groups is 2. The van der Waals surface area contributed by atoms with Gasteiger partial charge in [0.25, 0.3) is 0 Å². The quantitative estimate of drug-likeness (QED) is 0.662. The van der Waals surface area contributed by atoms with E-state index in [2.05, 4.69) is 34.8 Å². The van der Waals surface area contributed by atoms with Gasteiger partial charge >= 0.3 is 6.03 Å². The number of aromatic nitrogens is 3. The van der Waals surface area contributed by atoms with Crippen molar-refractivity contribution < 1.29 is 9.59 Å². The lowest BCUT2D eigenvalue weighted by Gasteiger charge is -2.11. The van der Waals surface area contributed by atoms with Crippen LogP contribution in [-0.4, -0.2) is 51.5 Å². The fourth-order valence-corrected chi connectivity index (χ4v) is 1.90. The van der Waals surface area contributed by atoms with E-state index in [0.29, 0.717) is 25.6 Å². The van der Waals surface area contributed by atoms with E-state index in [1.807, 2.05) is 6.20 Å². The van der Waals surface area contributed by atoms with Crippen LogP contribution in [-0.2, 0) is 17.9 Å². The Hall–Kier alpha value is -1.96. The molecule has 0 saturated carbocycles. The lowest BCUT2D eigenvalue weighted by Crippen LogP contribution is -2.33. The van der Waals surface area contributed by atoms with Gasteiger partial charge in [-0.2, -0.15) is 0 Å². The van der Waals surface area contributed by atoms with Crippen molar-refractivity contribution in [2.45, 2.75) is 26.9 Å². The average Bonchev–Trinajstić information content (AvgIpc) is 2.95. The monoisotopic (exact) mass is 280 g/mol. The first kappa shape index (κ1) is 14.4. The maximum atomic E-state index is 11.4. The maximum Gasteiger partial charge on any atom is 0.324 e. The third kappa shape index (κ3) is 3.77. The zero-order valence-electron chi connectivity index (χ0n) is 11.8. The minimum absolute atomic E-state index is 0.0839. The van der Waals surface area contributed by atoms with E-state index in [1.54, 1.807) is 4.68 Å². The first-order chi connectivity index (χ1) is 9.56. The predicted octanol–water partition coefficient (Wildman–Crippen LogP) is -0.424. The van der Waals surface area contributed by atoms with Gasteiger partial charge in [-0.15, -0.1) is 5.10 Å². The van der Waals surface area contributed by atoms with Crippen LogP contribution in [0.5, 0.6) is 0 Å². The van der Waals surface area contributed by atoms with Gasteiger partial charge in [0, 0.05) is 12.7 Å². The Morgan fingerprint density at radius 2 is 2.20 bits per heavy atom. The lowest BCUT2D eigenvalue weighted by atomic mass is 10.2. The van der Waals surface area contributed by atoms with E-state index in [1.165, 1.54) is 4.90 Å². The van der Waals surface area contributed by atoms with Crippen molar-refractivity contribution in [2.24, 2.45) is 5.92 Å². The molecule has 1 fully saturated rings. The molecular formula is C12H20N6O2. The molecule has 2 N–H and O–H groups in total. The summed E-state index contributed by atoms with van der Waals surface area (Å²) in [5.41, 5.74) is 0.850. The molecule has 1 saturated heterocycles. The highest BCUT2D eigenvalue weighted by atomic mass is 16.2. The Kier molecular flexibility index (Phi) is 4.67. The molecular weight excluding hydrogens is 260 g/mol. The fraction of sp³-hybridized carbons (Fsp3) is 0.667. The van der Waals surface area contributed by atoms with Crippen LogP contribution in [0.2, 0.25) is 0 Å². The number of nitrogens with zero attached hydrogens (tertiary/aromatic N) is 4. The van der Waals surface area contributed by atoms with Crippen LogP contribution in [0.3, 0.4) is 0 Å². The number of imide groups is 1. The predicted molar refractivity (Wildman–Crippen MR) is 71.7 cm³/mol. The molecule has 0 atom stereocenters. The molecule has 0 unspecified atom stereocenters. The molecule has 8 nitrogen and oxygen atoms in total. The molecule has 0 spiro atoms. The number of carbonyl (C=O) groups excluding carboxylic acids is 2. The number of rotatable bonds is 7. The maximum absolute atomic E-state index is 11.4. The average molecular weight is 280 g/mol. The summed E-state index contributed by atoms with van der Waals surface area (Å²) >= 11 is 0. The molecule has 1 aromatic rings. The molecule has 1 aromatic heterocycles. The highest BCUT2D eigenvalue weighted by molar-refractivity contribution is 6.01. The number of hydrogen-bond donors (Lipinski definition) is 2. The summed E-state index contributed by atoms with van der Waals surface area (Å²) in [5, 5.41) is 13.8. The second-order valence-electron chi connectivity index (χ2n) is 5.20. The van der Waals surface area contributed by atoms with Crippen molar-refractivity contribution in [3.05, 3.63) is 11.9 Å². The van der Waals surface area contributed by atoms with Crippen molar-refractivity contribution in [3.8, 4) is 0 Å². The van der Waals surface area contributed by atoms with Crippen LogP contribution in [0.15, 0.2) is 6.20 Å². The molecule has 1 aliphatic rings. The highest BCUT2D eigenvalue weighted by Gasteiger charge is 2.27. The van der Waals surface area contributed by atoms with Gasteiger partial charge in [0.15, 0.2) is 0 Å². The molecule has 3 amide bonds. The topological polar surface area (TPSA) is 92.2 Å². The van der Waals surface area contributed by atoms with Crippen molar-refractivity contribution in [3.63, 3.8) is 0 Å². The molecule has 0 aliphatic carbocycles. The van der Waals surface area contributed by atoms with Gasteiger partial charge < -0.3 is 10.6 Å². The van der Waals surface area contributed by atoms with E-state index in [4.69, 9.17) is 0 Å². The zero-order valence-corrected chi connectivity index (χ0v) is 11.8. The number of urea groups is 1. The Balaban J connectivity index is 1.78. The molecule has 0 bridgehead atoms. The van der Waals surface area contributed by atoms with Gasteiger partial charge in [0.05, 0.1) is 25.3 Å². The second-order valence-corrected chi connectivity index (χ2v) is 5.20.